The zero-order valence-electron chi connectivity index (χ0n) is 13.0. The lowest BCUT2D eigenvalue weighted by Gasteiger charge is -2.21. The maximum absolute atomic E-state index is 6.25. The number of nitrogens with two attached hydrogens (primary N) is 2. The summed E-state index contributed by atoms with van der Waals surface area (Å²) in [6.07, 6.45) is 4.16. The van der Waals surface area contributed by atoms with Crippen molar-refractivity contribution in [2.45, 2.75) is 19.4 Å². The first kappa shape index (κ1) is 16.1. The highest BCUT2D eigenvalue weighted by atomic mass is 15.1. The lowest BCUT2D eigenvalue weighted by atomic mass is 10.1. The first-order valence-electron chi connectivity index (χ1n) is 7.80. The summed E-state index contributed by atoms with van der Waals surface area (Å²) in [7, 11) is 0. The van der Waals surface area contributed by atoms with Gasteiger partial charge >= 0.3 is 0 Å². The van der Waals surface area contributed by atoms with Gasteiger partial charge in [0.25, 0.3) is 0 Å². The standard InChI is InChI=1S/C19H25N3/c20-13-7-8-14-22(15-17-9-3-1-4-10-17)16-19(21)18-11-5-2-6-12-18/h1-6,9-12,16H,7-8,13-15,20-21H2/b19-16-. The summed E-state index contributed by atoms with van der Waals surface area (Å²) in [5, 5.41) is 0. The van der Waals surface area contributed by atoms with Crippen LogP contribution < -0.4 is 11.5 Å². The van der Waals surface area contributed by atoms with Crippen LogP contribution in [0.5, 0.6) is 0 Å². The fourth-order valence-corrected chi connectivity index (χ4v) is 2.37. The van der Waals surface area contributed by atoms with Crippen LogP contribution in [0.4, 0.5) is 0 Å². The van der Waals surface area contributed by atoms with Gasteiger partial charge in [-0.25, -0.2) is 0 Å². The summed E-state index contributed by atoms with van der Waals surface area (Å²) in [5.74, 6) is 0. The van der Waals surface area contributed by atoms with Gasteiger partial charge in [-0.3, -0.25) is 0 Å². The molecule has 0 bridgehead atoms. The number of rotatable bonds is 8. The van der Waals surface area contributed by atoms with Crippen LogP contribution in [0.3, 0.4) is 0 Å². The van der Waals surface area contributed by atoms with Gasteiger partial charge < -0.3 is 16.4 Å². The van der Waals surface area contributed by atoms with Crippen molar-refractivity contribution in [3.05, 3.63) is 78.0 Å². The highest BCUT2D eigenvalue weighted by Crippen LogP contribution is 2.12. The van der Waals surface area contributed by atoms with Crippen molar-refractivity contribution >= 4 is 5.70 Å². The molecule has 0 heterocycles. The molecule has 116 valence electrons. The molecule has 0 spiro atoms. The van der Waals surface area contributed by atoms with Crippen molar-refractivity contribution in [3.8, 4) is 0 Å². The fourth-order valence-electron chi connectivity index (χ4n) is 2.37. The Labute approximate surface area is 133 Å². The minimum Gasteiger partial charge on any atom is -0.397 e. The Bertz CT molecular complexity index is 564. The quantitative estimate of drug-likeness (QED) is 0.735. The average Bonchev–Trinajstić information content (AvgIpc) is 2.56. The van der Waals surface area contributed by atoms with Crippen LogP contribution in [-0.2, 0) is 6.54 Å². The second kappa shape index (κ2) is 8.90. The predicted octanol–water partition coefficient (Wildman–Crippen LogP) is 3.18. The molecule has 3 nitrogen and oxygen atoms in total. The van der Waals surface area contributed by atoms with Crippen molar-refractivity contribution < 1.29 is 0 Å². The van der Waals surface area contributed by atoms with Crippen molar-refractivity contribution in [1.29, 1.82) is 0 Å². The molecule has 0 saturated heterocycles. The molecule has 0 radical (unpaired) electrons. The molecule has 0 aliphatic heterocycles. The normalized spacial score (nSPS) is 11.4. The second-order valence-electron chi connectivity index (χ2n) is 5.40. The van der Waals surface area contributed by atoms with E-state index in [9.17, 15) is 0 Å². The van der Waals surface area contributed by atoms with E-state index >= 15 is 0 Å². The number of unbranched alkanes of at least 4 members (excludes halogenated alkanes) is 1. The lowest BCUT2D eigenvalue weighted by molar-refractivity contribution is 0.360. The van der Waals surface area contributed by atoms with Gasteiger partial charge in [0.2, 0.25) is 0 Å². The molecule has 2 aromatic rings. The largest absolute Gasteiger partial charge is 0.397 e. The third kappa shape index (κ3) is 5.26. The summed E-state index contributed by atoms with van der Waals surface area (Å²) < 4.78 is 0. The first-order valence-corrected chi connectivity index (χ1v) is 7.80. The van der Waals surface area contributed by atoms with Crippen LogP contribution in [-0.4, -0.2) is 18.0 Å². The second-order valence-corrected chi connectivity index (χ2v) is 5.40. The topological polar surface area (TPSA) is 55.3 Å². The van der Waals surface area contributed by atoms with Gasteiger partial charge in [0.05, 0.1) is 5.70 Å². The molecule has 4 N–H and O–H groups in total. The van der Waals surface area contributed by atoms with Gasteiger partial charge in [0.1, 0.15) is 0 Å². The third-order valence-electron chi connectivity index (χ3n) is 3.56. The third-order valence-corrected chi connectivity index (χ3v) is 3.56. The Kier molecular flexibility index (Phi) is 6.52. The molecule has 0 saturated carbocycles. The summed E-state index contributed by atoms with van der Waals surface area (Å²) in [6, 6.07) is 20.5. The van der Waals surface area contributed by atoms with Crippen molar-refractivity contribution in [2.75, 3.05) is 13.1 Å². The van der Waals surface area contributed by atoms with Crippen LogP contribution in [0.15, 0.2) is 66.9 Å². The zero-order valence-corrected chi connectivity index (χ0v) is 13.0. The SMILES string of the molecule is NCCCCN(/C=C(\N)c1ccccc1)Cc1ccccc1. The fraction of sp³-hybridized carbons (Fsp3) is 0.263. The van der Waals surface area contributed by atoms with Crippen LogP contribution in [0.2, 0.25) is 0 Å². The van der Waals surface area contributed by atoms with Crippen LogP contribution >= 0.6 is 0 Å². The van der Waals surface area contributed by atoms with Gasteiger partial charge in [-0.1, -0.05) is 60.7 Å². The first-order chi connectivity index (χ1) is 10.8. The van der Waals surface area contributed by atoms with E-state index in [1.54, 1.807) is 0 Å². The monoisotopic (exact) mass is 295 g/mol. The summed E-state index contributed by atoms with van der Waals surface area (Å²) in [6.45, 7) is 2.55. The minimum atomic E-state index is 0.733. The molecule has 2 aromatic carbocycles. The van der Waals surface area contributed by atoms with Crippen LogP contribution in [0.25, 0.3) is 5.70 Å². The van der Waals surface area contributed by atoms with E-state index in [1.165, 1.54) is 5.56 Å². The lowest BCUT2D eigenvalue weighted by Crippen LogP contribution is -2.20. The Hall–Kier alpha value is -2.26. The zero-order chi connectivity index (χ0) is 15.6. The van der Waals surface area contributed by atoms with Crippen molar-refractivity contribution in [3.63, 3.8) is 0 Å². The summed E-state index contributed by atoms with van der Waals surface area (Å²) in [5.41, 5.74) is 15.0. The summed E-state index contributed by atoms with van der Waals surface area (Å²) >= 11 is 0. The number of nitrogens with zero attached hydrogens (tertiary/aromatic N) is 1. The Morgan fingerprint density at radius 3 is 2.18 bits per heavy atom. The van der Waals surface area contributed by atoms with E-state index in [2.05, 4.69) is 35.4 Å². The van der Waals surface area contributed by atoms with E-state index in [0.29, 0.717) is 0 Å². The van der Waals surface area contributed by atoms with E-state index < -0.39 is 0 Å². The molecule has 22 heavy (non-hydrogen) atoms. The maximum Gasteiger partial charge on any atom is 0.0549 e. The number of benzene rings is 2. The van der Waals surface area contributed by atoms with Gasteiger partial charge in [0.15, 0.2) is 0 Å². The van der Waals surface area contributed by atoms with Gasteiger partial charge in [0, 0.05) is 19.3 Å². The molecule has 0 aromatic heterocycles. The van der Waals surface area contributed by atoms with E-state index in [1.807, 2.05) is 36.4 Å². The Morgan fingerprint density at radius 1 is 0.909 bits per heavy atom. The highest BCUT2D eigenvalue weighted by Gasteiger charge is 2.04. The molecule has 0 amide bonds. The molecule has 2 rings (SSSR count). The van der Waals surface area contributed by atoms with Crippen LogP contribution in [0.1, 0.15) is 24.0 Å². The van der Waals surface area contributed by atoms with Gasteiger partial charge in [-0.05, 0) is 30.5 Å². The molecule has 3 heteroatoms. The van der Waals surface area contributed by atoms with Gasteiger partial charge in [-0.15, -0.1) is 0 Å². The minimum absolute atomic E-state index is 0.733. The Balaban J connectivity index is 2.09. The molecular formula is C19H25N3. The number of hydrogen-bond acceptors (Lipinski definition) is 3. The highest BCUT2D eigenvalue weighted by molar-refractivity contribution is 5.61. The van der Waals surface area contributed by atoms with Crippen molar-refractivity contribution in [2.24, 2.45) is 11.5 Å². The Morgan fingerprint density at radius 2 is 1.55 bits per heavy atom. The number of hydrogen-bond donors (Lipinski definition) is 2. The molecule has 0 atom stereocenters. The molecular weight excluding hydrogens is 270 g/mol. The van der Waals surface area contributed by atoms with E-state index in [0.717, 1.165) is 43.7 Å². The smallest absolute Gasteiger partial charge is 0.0549 e. The van der Waals surface area contributed by atoms with E-state index in [-0.39, 0.29) is 0 Å². The molecule has 0 aliphatic carbocycles. The van der Waals surface area contributed by atoms with E-state index in [4.69, 9.17) is 11.5 Å². The predicted molar refractivity (Wildman–Crippen MR) is 93.7 cm³/mol. The average molecular weight is 295 g/mol. The molecule has 0 fully saturated rings. The molecule has 0 aliphatic rings. The summed E-state index contributed by atoms with van der Waals surface area (Å²) in [4.78, 5) is 2.27. The van der Waals surface area contributed by atoms with Gasteiger partial charge in [-0.2, -0.15) is 0 Å². The van der Waals surface area contributed by atoms with Crippen LogP contribution in [0, 0.1) is 0 Å². The van der Waals surface area contributed by atoms with Crippen molar-refractivity contribution in [1.82, 2.24) is 4.90 Å². The molecule has 0 unspecified atom stereocenters. The maximum atomic E-state index is 6.25.